The van der Waals surface area contributed by atoms with Gasteiger partial charge in [0.2, 0.25) is 0 Å². The summed E-state index contributed by atoms with van der Waals surface area (Å²) in [5, 5.41) is 0. The first-order chi connectivity index (χ1) is 13.7. The summed E-state index contributed by atoms with van der Waals surface area (Å²) in [5.41, 5.74) is 1.34. The van der Waals surface area contributed by atoms with Crippen LogP contribution in [-0.2, 0) is 0 Å². The monoisotopic (exact) mass is 384 g/mol. The molecule has 6 rings (SSSR count). The predicted molar refractivity (Wildman–Crippen MR) is 109 cm³/mol. The van der Waals surface area contributed by atoms with Gasteiger partial charge in [-0.2, -0.15) is 0 Å². The van der Waals surface area contributed by atoms with Crippen LogP contribution in [0.25, 0.3) is 0 Å². The van der Waals surface area contributed by atoms with E-state index in [-0.39, 0.29) is 6.03 Å². The molecule has 28 heavy (non-hydrogen) atoms. The lowest BCUT2D eigenvalue weighted by atomic mass is 9.75. The summed E-state index contributed by atoms with van der Waals surface area (Å²) in [5.74, 6) is 1.96. The number of likely N-dealkylation sites (N-methyl/N-ethyl adjacent to an activating group) is 1. The van der Waals surface area contributed by atoms with Crippen molar-refractivity contribution in [3.8, 4) is 5.75 Å². The Morgan fingerprint density at radius 1 is 0.964 bits per heavy atom. The maximum Gasteiger partial charge on any atom is 0.320 e. The molecule has 0 aromatic heterocycles. The van der Waals surface area contributed by atoms with Gasteiger partial charge in [0.1, 0.15) is 5.75 Å². The molecule has 3 atom stereocenters. The minimum absolute atomic E-state index is 0.271. The highest BCUT2D eigenvalue weighted by Gasteiger charge is 2.55. The van der Waals surface area contributed by atoms with Crippen LogP contribution < -0.4 is 4.74 Å². The van der Waals surface area contributed by atoms with Crippen LogP contribution in [0.2, 0.25) is 0 Å². The third kappa shape index (κ3) is 2.98. The molecular formula is C22H32N4O2. The third-order valence-electron chi connectivity index (χ3n) is 7.56. The Kier molecular flexibility index (Phi) is 4.71. The second-order valence-electron chi connectivity index (χ2n) is 8.96. The van der Waals surface area contributed by atoms with Crippen molar-refractivity contribution in [3.05, 3.63) is 29.8 Å². The van der Waals surface area contributed by atoms with E-state index in [2.05, 4.69) is 50.9 Å². The number of piperazine rings is 1. The van der Waals surface area contributed by atoms with E-state index in [1.807, 2.05) is 0 Å². The molecule has 152 valence electrons. The molecular weight excluding hydrogens is 352 g/mol. The van der Waals surface area contributed by atoms with Gasteiger partial charge in [0, 0.05) is 44.7 Å². The smallest absolute Gasteiger partial charge is 0.320 e. The summed E-state index contributed by atoms with van der Waals surface area (Å²) in [6.45, 7) is 6.88. The molecule has 6 nitrogen and oxygen atoms in total. The third-order valence-corrected chi connectivity index (χ3v) is 7.56. The maximum absolute atomic E-state index is 13.5. The van der Waals surface area contributed by atoms with Crippen molar-refractivity contribution >= 4 is 6.03 Å². The number of likely N-dealkylation sites (tertiary alicyclic amines) is 1. The van der Waals surface area contributed by atoms with E-state index in [1.54, 1.807) is 7.11 Å². The van der Waals surface area contributed by atoms with Gasteiger partial charge in [-0.15, -0.1) is 0 Å². The second-order valence-corrected chi connectivity index (χ2v) is 8.96. The Morgan fingerprint density at radius 3 is 2.29 bits per heavy atom. The molecule has 5 aliphatic heterocycles. The Balaban J connectivity index is 1.42. The highest BCUT2D eigenvalue weighted by Crippen LogP contribution is 2.47. The number of urea groups is 1. The minimum Gasteiger partial charge on any atom is -0.497 e. The molecule has 5 aliphatic rings. The normalized spacial score (nSPS) is 35.1. The molecule has 2 amide bonds. The number of ether oxygens (including phenoxy) is 1. The fraction of sp³-hybridized carbons (Fsp3) is 0.682. The molecule has 5 saturated heterocycles. The van der Waals surface area contributed by atoms with E-state index >= 15 is 0 Å². The summed E-state index contributed by atoms with van der Waals surface area (Å²) in [4.78, 5) is 22.8. The molecule has 0 spiro atoms. The van der Waals surface area contributed by atoms with Crippen LogP contribution in [0.4, 0.5) is 4.79 Å². The number of nitrogens with zero attached hydrogens (tertiary/aromatic N) is 4. The average Bonchev–Trinajstić information content (AvgIpc) is 3.17. The van der Waals surface area contributed by atoms with Gasteiger partial charge in [-0.1, -0.05) is 12.1 Å². The van der Waals surface area contributed by atoms with Crippen LogP contribution in [0.5, 0.6) is 5.75 Å². The van der Waals surface area contributed by atoms with Gasteiger partial charge < -0.3 is 19.4 Å². The first-order valence-electron chi connectivity index (χ1n) is 10.8. The zero-order valence-electron chi connectivity index (χ0n) is 17.1. The van der Waals surface area contributed by atoms with Crippen molar-refractivity contribution in [3.63, 3.8) is 0 Å². The number of hydrogen-bond donors (Lipinski definition) is 0. The fourth-order valence-electron chi connectivity index (χ4n) is 5.97. The largest absolute Gasteiger partial charge is 0.497 e. The lowest BCUT2D eigenvalue weighted by molar-refractivity contribution is -0.00190. The Hall–Kier alpha value is -1.79. The molecule has 0 unspecified atom stereocenters. The van der Waals surface area contributed by atoms with E-state index in [0.29, 0.717) is 23.9 Å². The maximum atomic E-state index is 13.5. The highest BCUT2D eigenvalue weighted by molar-refractivity contribution is 5.76. The van der Waals surface area contributed by atoms with Gasteiger partial charge >= 0.3 is 6.03 Å². The molecule has 0 aliphatic carbocycles. The SMILES string of the molecule is COc1ccc([C@H]2CN(C(=O)N3CCN(C)CC3)[C@H]3C4CCN(CC4)[C@@H]23)cc1. The van der Waals surface area contributed by atoms with E-state index in [1.165, 1.54) is 31.5 Å². The lowest BCUT2D eigenvalue weighted by Gasteiger charge is -2.51. The number of carbonyl (C=O) groups excluding carboxylic acids is 1. The van der Waals surface area contributed by atoms with Crippen LogP contribution in [0.3, 0.4) is 0 Å². The first kappa shape index (κ1) is 18.3. The van der Waals surface area contributed by atoms with E-state index in [0.717, 1.165) is 38.5 Å². The molecule has 2 bridgehead atoms. The van der Waals surface area contributed by atoms with Crippen molar-refractivity contribution in [1.82, 2.24) is 19.6 Å². The predicted octanol–water partition coefficient (Wildman–Crippen LogP) is 1.92. The summed E-state index contributed by atoms with van der Waals surface area (Å²) in [7, 11) is 3.85. The first-order valence-corrected chi connectivity index (χ1v) is 10.8. The van der Waals surface area contributed by atoms with Crippen LogP contribution in [0.15, 0.2) is 24.3 Å². The van der Waals surface area contributed by atoms with Gasteiger partial charge in [-0.05, 0) is 56.6 Å². The van der Waals surface area contributed by atoms with Crippen LogP contribution >= 0.6 is 0 Å². The zero-order chi connectivity index (χ0) is 19.3. The number of benzene rings is 1. The molecule has 0 N–H and O–H groups in total. The zero-order valence-corrected chi connectivity index (χ0v) is 17.1. The summed E-state index contributed by atoms with van der Waals surface area (Å²) in [6.07, 6.45) is 2.48. The fourth-order valence-corrected chi connectivity index (χ4v) is 5.97. The van der Waals surface area contributed by atoms with Crippen LogP contribution in [0.1, 0.15) is 24.3 Å². The summed E-state index contributed by atoms with van der Waals surface area (Å²) >= 11 is 0. The minimum atomic E-state index is 0.271. The number of piperidine rings is 3. The van der Waals surface area contributed by atoms with Gasteiger partial charge in [0.15, 0.2) is 0 Å². The van der Waals surface area contributed by atoms with E-state index < -0.39 is 0 Å². The van der Waals surface area contributed by atoms with Gasteiger partial charge in [-0.25, -0.2) is 4.79 Å². The molecule has 1 aromatic rings. The summed E-state index contributed by atoms with van der Waals surface area (Å²) < 4.78 is 5.35. The quantitative estimate of drug-likeness (QED) is 0.781. The van der Waals surface area contributed by atoms with Gasteiger partial charge in [0.05, 0.1) is 13.2 Å². The average molecular weight is 385 g/mol. The number of fused-ring (bicyclic) bond motifs is 2. The number of hydrogen-bond acceptors (Lipinski definition) is 4. The standard InChI is InChI=1S/C22H32N4O2/c1-23-11-13-25(14-12-23)22(27)26-15-19(16-3-5-18(28-2)6-4-16)21-20(26)17-7-9-24(21)10-8-17/h3-6,17,19-21H,7-15H2,1-2H3/t19-,20+,21+/m1/s1. The molecule has 0 saturated carbocycles. The van der Waals surface area contributed by atoms with Crippen molar-refractivity contribution in [2.45, 2.75) is 30.8 Å². The van der Waals surface area contributed by atoms with Crippen LogP contribution in [-0.4, -0.2) is 97.7 Å². The lowest BCUT2D eigenvalue weighted by Crippen LogP contribution is -2.62. The van der Waals surface area contributed by atoms with Gasteiger partial charge in [-0.3, -0.25) is 4.90 Å². The molecule has 1 aromatic carbocycles. The second kappa shape index (κ2) is 7.23. The summed E-state index contributed by atoms with van der Waals surface area (Å²) in [6, 6.07) is 9.64. The van der Waals surface area contributed by atoms with E-state index in [9.17, 15) is 4.79 Å². The van der Waals surface area contributed by atoms with Crippen molar-refractivity contribution < 1.29 is 9.53 Å². The molecule has 5 heterocycles. The van der Waals surface area contributed by atoms with Gasteiger partial charge in [0.25, 0.3) is 0 Å². The van der Waals surface area contributed by atoms with Crippen molar-refractivity contribution in [2.75, 3.05) is 60.0 Å². The Labute approximate surface area is 168 Å². The Morgan fingerprint density at radius 2 is 1.64 bits per heavy atom. The van der Waals surface area contributed by atoms with Crippen molar-refractivity contribution in [2.24, 2.45) is 5.92 Å². The Bertz CT molecular complexity index is 708. The van der Waals surface area contributed by atoms with E-state index in [4.69, 9.17) is 4.74 Å². The number of methoxy groups -OCH3 is 1. The number of carbonyl (C=O) groups is 1. The van der Waals surface area contributed by atoms with Crippen molar-refractivity contribution in [1.29, 1.82) is 0 Å². The number of amides is 2. The highest BCUT2D eigenvalue weighted by atomic mass is 16.5. The number of rotatable bonds is 2. The van der Waals surface area contributed by atoms with Crippen LogP contribution in [0, 0.1) is 5.92 Å². The molecule has 5 fully saturated rings. The molecule has 0 radical (unpaired) electrons. The molecule has 6 heteroatoms. The topological polar surface area (TPSA) is 39.3 Å².